The molecule has 2 aromatic rings. The summed E-state index contributed by atoms with van der Waals surface area (Å²) in [5, 5.41) is 15.3. The number of nitrogens with one attached hydrogen (secondary N) is 2. The average Bonchev–Trinajstić information content (AvgIpc) is 2.74. The van der Waals surface area contributed by atoms with Gasteiger partial charge in [-0.2, -0.15) is 0 Å². The van der Waals surface area contributed by atoms with Gasteiger partial charge < -0.3 is 20.6 Å². The lowest BCUT2D eigenvalue weighted by molar-refractivity contribution is -0.117. The molecule has 7 nitrogen and oxygen atoms in total. The smallest absolute Gasteiger partial charge is 0.405 e. The van der Waals surface area contributed by atoms with Gasteiger partial charge in [-0.3, -0.25) is 9.69 Å². The van der Waals surface area contributed by atoms with Gasteiger partial charge in [0.1, 0.15) is 0 Å². The van der Waals surface area contributed by atoms with Crippen molar-refractivity contribution < 1.29 is 14.7 Å². The summed E-state index contributed by atoms with van der Waals surface area (Å²) in [6.45, 7) is 8.65. The fraction of sp³-hybridized carbons (Fsp3) is 0.417. The molecule has 1 fully saturated rings. The number of nitrogens with zero attached hydrogens (tertiary/aromatic N) is 2. The normalized spacial score (nSPS) is 21.4. The maximum absolute atomic E-state index is 12.2. The van der Waals surface area contributed by atoms with Gasteiger partial charge in [-0.1, -0.05) is 30.3 Å². The first-order valence-electron chi connectivity index (χ1n) is 10.9. The van der Waals surface area contributed by atoms with Crippen molar-refractivity contribution in [2.45, 2.75) is 38.9 Å². The molecule has 2 aromatic carbocycles. The molecule has 2 amide bonds. The fourth-order valence-corrected chi connectivity index (χ4v) is 4.74. The van der Waals surface area contributed by atoms with Crippen LogP contribution in [0.15, 0.2) is 42.5 Å². The van der Waals surface area contributed by atoms with E-state index in [0.29, 0.717) is 6.42 Å². The molecule has 164 valence electrons. The van der Waals surface area contributed by atoms with Gasteiger partial charge in [-0.05, 0) is 47.7 Å². The summed E-state index contributed by atoms with van der Waals surface area (Å²) in [5.74, 6) is -0.0347. The van der Waals surface area contributed by atoms with E-state index in [2.05, 4.69) is 39.8 Å². The Morgan fingerprint density at radius 1 is 1.10 bits per heavy atom. The Bertz CT molecular complexity index is 954. The predicted octanol–water partition coefficient (Wildman–Crippen LogP) is 3.21. The Morgan fingerprint density at radius 3 is 2.42 bits per heavy atom. The van der Waals surface area contributed by atoms with Gasteiger partial charge in [-0.15, -0.1) is 0 Å². The van der Waals surface area contributed by atoms with Crippen LogP contribution in [0.5, 0.6) is 0 Å². The van der Waals surface area contributed by atoms with Gasteiger partial charge in [-0.25, -0.2) is 4.79 Å². The highest BCUT2D eigenvalue weighted by atomic mass is 16.4. The van der Waals surface area contributed by atoms with E-state index < -0.39 is 6.09 Å². The third kappa shape index (κ3) is 4.73. The molecule has 2 aliphatic heterocycles. The zero-order valence-corrected chi connectivity index (χ0v) is 18.1. The molecule has 1 saturated heterocycles. The van der Waals surface area contributed by atoms with Crippen molar-refractivity contribution in [3.8, 4) is 11.1 Å². The van der Waals surface area contributed by atoms with E-state index >= 15 is 0 Å². The van der Waals surface area contributed by atoms with Gasteiger partial charge in [0.25, 0.3) is 0 Å². The Morgan fingerprint density at radius 2 is 1.77 bits per heavy atom. The van der Waals surface area contributed by atoms with Crippen LogP contribution in [0, 0.1) is 0 Å². The lowest BCUT2D eigenvalue weighted by Gasteiger charge is -2.39. The maximum Gasteiger partial charge on any atom is 0.405 e. The summed E-state index contributed by atoms with van der Waals surface area (Å²) < 4.78 is 0. The topological polar surface area (TPSA) is 84.9 Å². The summed E-state index contributed by atoms with van der Waals surface area (Å²) >= 11 is 0. The molecule has 3 N–H and O–H groups in total. The van der Waals surface area contributed by atoms with Crippen LogP contribution in [0.4, 0.5) is 10.5 Å². The fourth-order valence-electron chi connectivity index (χ4n) is 4.74. The van der Waals surface area contributed by atoms with E-state index in [-0.39, 0.29) is 18.0 Å². The van der Waals surface area contributed by atoms with Crippen molar-refractivity contribution in [3.05, 3.63) is 53.6 Å². The van der Waals surface area contributed by atoms with Crippen LogP contribution < -0.4 is 15.5 Å². The van der Waals surface area contributed by atoms with E-state index in [0.717, 1.165) is 55.1 Å². The Balaban J connectivity index is 1.61. The van der Waals surface area contributed by atoms with Crippen molar-refractivity contribution in [2.75, 3.05) is 31.1 Å². The van der Waals surface area contributed by atoms with Crippen molar-refractivity contribution in [2.24, 2.45) is 0 Å². The summed E-state index contributed by atoms with van der Waals surface area (Å²) in [5.41, 5.74) is 5.00. The molecule has 2 aliphatic rings. The third-order valence-corrected chi connectivity index (χ3v) is 6.22. The molecule has 0 unspecified atom stereocenters. The number of anilines is 1. The second kappa shape index (κ2) is 9.08. The molecule has 0 aromatic heterocycles. The Hall–Kier alpha value is -2.90. The number of carboxylic acid groups (broad SMARTS) is 1. The number of hydrogen-bond donors (Lipinski definition) is 3. The lowest BCUT2D eigenvalue weighted by Crippen LogP contribution is -2.45. The highest BCUT2D eigenvalue weighted by Crippen LogP contribution is 2.39. The number of fused-ring (bicyclic) bond motifs is 1. The van der Waals surface area contributed by atoms with E-state index in [9.17, 15) is 14.7 Å². The lowest BCUT2D eigenvalue weighted by atomic mass is 9.89. The molecule has 0 aliphatic carbocycles. The standard InChI is InChI=1S/C24H30N4O3/c1-16-13-22(26-24(30)31)21-14-20(7-8-23(21)28(16)17(2)29)19-5-3-18(4-6-19)15-27-11-9-25-10-12-27/h3-8,14,16,22,25-26H,9-13,15H2,1-2H3,(H,30,31)/t16-,22+/m1/s1. The number of rotatable bonds is 4. The first-order valence-corrected chi connectivity index (χ1v) is 10.9. The van der Waals surface area contributed by atoms with Crippen LogP contribution in [0.3, 0.4) is 0 Å². The predicted molar refractivity (Wildman–Crippen MR) is 121 cm³/mol. The van der Waals surface area contributed by atoms with Crippen LogP contribution in [0.25, 0.3) is 11.1 Å². The first-order chi connectivity index (χ1) is 14.9. The van der Waals surface area contributed by atoms with Crippen LogP contribution >= 0.6 is 0 Å². The number of hydrogen-bond acceptors (Lipinski definition) is 4. The van der Waals surface area contributed by atoms with Gasteiger partial charge in [0.15, 0.2) is 0 Å². The first kappa shape index (κ1) is 21.3. The van der Waals surface area contributed by atoms with E-state index in [1.54, 1.807) is 11.8 Å². The minimum Gasteiger partial charge on any atom is -0.465 e. The molecule has 0 radical (unpaired) electrons. The molecule has 0 bridgehead atoms. The molecule has 2 heterocycles. The summed E-state index contributed by atoms with van der Waals surface area (Å²) in [7, 11) is 0. The highest BCUT2D eigenvalue weighted by molar-refractivity contribution is 5.94. The quantitative estimate of drug-likeness (QED) is 0.705. The monoisotopic (exact) mass is 422 g/mol. The van der Waals surface area contributed by atoms with Gasteiger partial charge in [0.2, 0.25) is 5.91 Å². The van der Waals surface area contributed by atoms with Crippen molar-refractivity contribution >= 4 is 17.7 Å². The summed E-state index contributed by atoms with van der Waals surface area (Å²) in [4.78, 5) is 27.8. The van der Waals surface area contributed by atoms with Crippen LogP contribution in [0.2, 0.25) is 0 Å². The van der Waals surface area contributed by atoms with Crippen molar-refractivity contribution in [3.63, 3.8) is 0 Å². The number of carbonyl (C=O) groups excluding carboxylic acids is 1. The third-order valence-electron chi connectivity index (χ3n) is 6.22. The largest absolute Gasteiger partial charge is 0.465 e. The zero-order chi connectivity index (χ0) is 22.0. The molecular formula is C24H30N4O3. The van der Waals surface area contributed by atoms with Crippen LogP contribution in [-0.2, 0) is 11.3 Å². The van der Waals surface area contributed by atoms with Gasteiger partial charge in [0, 0.05) is 51.4 Å². The molecular weight excluding hydrogens is 392 g/mol. The molecule has 4 rings (SSSR count). The molecule has 2 atom stereocenters. The molecule has 0 saturated carbocycles. The zero-order valence-electron chi connectivity index (χ0n) is 18.1. The number of piperazine rings is 1. The van der Waals surface area contributed by atoms with Crippen LogP contribution in [-0.4, -0.2) is 54.2 Å². The summed E-state index contributed by atoms with van der Waals surface area (Å²) in [6.07, 6.45) is -0.506. The Labute approximate surface area is 183 Å². The van der Waals surface area contributed by atoms with E-state index in [1.165, 1.54) is 5.56 Å². The van der Waals surface area contributed by atoms with E-state index in [1.807, 2.05) is 25.1 Å². The second-order valence-electron chi connectivity index (χ2n) is 8.47. The minimum absolute atomic E-state index is 0.0347. The highest BCUT2D eigenvalue weighted by Gasteiger charge is 2.33. The van der Waals surface area contributed by atoms with Crippen LogP contribution in [0.1, 0.15) is 37.4 Å². The van der Waals surface area contributed by atoms with Gasteiger partial charge in [0.05, 0.1) is 6.04 Å². The van der Waals surface area contributed by atoms with E-state index in [4.69, 9.17) is 0 Å². The molecule has 0 spiro atoms. The number of carbonyl (C=O) groups is 2. The summed E-state index contributed by atoms with van der Waals surface area (Å²) in [6, 6.07) is 14.1. The number of benzene rings is 2. The maximum atomic E-state index is 12.2. The molecule has 31 heavy (non-hydrogen) atoms. The second-order valence-corrected chi connectivity index (χ2v) is 8.47. The molecule has 7 heteroatoms. The Kier molecular flexibility index (Phi) is 6.25. The van der Waals surface area contributed by atoms with Gasteiger partial charge >= 0.3 is 6.09 Å². The van der Waals surface area contributed by atoms with Crippen molar-refractivity contribution in [1.82, 2.24) is 15.5 Å². The van der Waals surface area contributed by atoms with Crippen molar-refractivity contribution in [1.29, 1.82) is 0 Å². The minimum atomic E-state index is -1.05. The number of amides is 2. The SMILES string of the molecule is CC(=O)N1c2ccc(-c3ccc(CN4CCNCC4)cc3)cc2[C@@H](NC(=O)O)C[C@H]1C. The average molecular weight is 423 g/mol.